The minimum Gasteiger partial charge on any atom is -0.436 e. The van der Waals surface area contributed by atoms with Crippen molar-refractivity contribution in [3.05, 3.63) is 72.8 Å². The van der Waals surface area contributed by atoms with Crippen molar-refractivity contribution in [2.75, 3.05) is 0 Å². The minimum absolute atomic E-state index is 0.391. The zero-order valence-corrected chi connectivity index (χ0v) is 20.9. The summed E-state index contributed by atoms with van der Waals surface area (Å²) in [5.41, 5.74) is 2.93. The van der Waals surface area contributed by atoms with Gasteiger partial charge >= 0.3 is 7.12 Å². The molecule has 3 heterocycles. The Labute approximate surface area is 207 Å². The van der Waals surface area contributed by atoms with Crippen LogP contribution in [0.3, 0.4) is 0 Å². The highest BCUT2D eigenvalue weighted by molar-refractivity contribution is 7.26. The summed E-state index contributed by atoms with van der Waals surface area (Å²) in [5.74, 6) is 0.630. The average molecular weight is 477 g/mol. The molecule has 4 nitrogen and oxygen atoms in total. The normalized spacial score (nSPS) is 17.3. The van der Waals surface area contributed by atoms with Gasteiger partial charge < -0.3 is 13.7 Å². The zero-order valence-electron chi connectivity index (χ0n) is 20.1. The molecule has 0 unspecified atom stereocenters. The van der Waals surface area contributed by atoms with Crippen LogP contribution in [0.5, 0.6) is 0 Å². The number of oxazole rings is 1. The van der Waals surface area contributed by atoms with Crippen molar-refractivity contribution in [3.8, 4) is 11.5 Å². The summed E-state index contributed by atoms with van der Waals surface area (Å²) in [6, 6.07) is 25.2. The van der Waals surface area contributed by atoms with Crippen molar-refractivity contribution in [2.24, 2.45) is 0 Å². The molecule has 0 spiro atoms. The van der Waals surface area contributed by atoms with Gasteiger partial charge in [0.25, 0.3) is 0 Å². The third kappa shape index (κ3) is 3.10. The highest BCUT2D eigenvalue weighted by atomic mass is 32.1. The number of aromatic nitrogens is 1. The molecule has 1 saturated heterocycles. The molecule has 1 fully saturated rings. The molecule has 35 heavy (non-hydrogen) atoms. The standard InChI is InChI=1S/C29H24BNO3S/c1-28(2)29(3,4)34-30(33-28)21-10-7-11-24-25(21)20-16-18(13-15-23(20)35-24)27-31-26-19-9-6-5-8-17(19)12-14-22(26)32-27/h5-16H,1-4H3. The molecule has 0 aliphatic carbocycles. The summed E-state index contributed by atoms with van der Waals surface area (Å²) in [6.07, 6.45) is 0. The Morgan fingerprint density at radius 1 is 0.771 bits per heavy atom. The van der Waals surface area contributed by atoms with E-state index in [1.54, 1.807) is 11.3 Å². The maximum Gasteiger partial charge on any atom is 0.495 e. The first kappa shape index (κ1) is 21.1. The van der Waals surface area contributed by atoms with Crippen LogP contribution >= 0.6 is 11.3 Å². The minimum atomic E-state index is -0.416. The topological polar surface area (TPSA) is 44.5 Å². The fourth-order valence-corrected chi connectivity index (χ4v) is 6.06. The molecule has 1 aliphatic heterocycles. The Morgan fingerprint density at radius 2 is 1.57 bits per heavy atom. The Morgan fingerprint density at radius 3 is 2.40 bits per heavy atom. The van der Waals surface area contributed by atoms with Gasteiger partial charge in [0.2, 0.25) is 5.89 Å². The van der Waals surface area contributed by atoms with Crippen molar-refractivity contribution >= 4 is 66.0 Å². The van der Waals surface area contributed by atoms with Gasteiger partial charge in [-0.25, -0.2) is 4.98 Å². The summed E-state index contributed by atoms with van der Waals surface area (Å²) in [7, 11) is -0.416. The molecule has 0 saturated carbocycles. The van der Waals surface area contributed by atoms with Gasteiger partial charge in [0, 0.05) is 31.1 Å². The Balaban J connectivity index is 1.41. The molecule has 0 atom stereocenters. The van der Waals surface area contributed by atoms with E-state index in [1.807, 2.05) is 18.2 Å². The van der Waals surface area contributed by atoms with E-state index in [2.05, 4.69) is 82.3 Å². The van der Waals surface area contributed by atoms with Gasteiger partial charge in [-0.05, 0) is 68.9 Å². The van der Waals surface area contributed by atoms with E-state index in [-0.39, 0.29) is 0 Å². The van der Waals surface area contributed by atoms with E-state index in [0.717, 1.165) is 32.9 Å². The van der Waals surface area contributed by atoms with Gasteiger partial charge in [0.15, 0.2) is 5.58 Å². The molecule has 6 aromatic rings. The first-order valence-corrected chi connectivity index (χ1v) is 12.7. The lowest BCUT2D eigenvalue weighted by atomic mass is 9.76. The van der Waals surface area contributed by atoms with E-state index >= 15 is 0 Å². The lowest BCUT2D eigenvalue weighted by Gasteiger charge is -2.32. The van der Waals surface area contributed by atoms with E-state index < -0.39 is 18.3 Å². The Hall–Kier alpha value is -3.19. The second-order valence-electron chi connectivity index (χ2n) is 10.3. The molecule has 172 valence electrons. The number of thiophene rings is 1. The maximum absolute atomic E-state index is 6.42. The van der Waals surface area contributed by atoms with E-state index in [1.165, 1.54) is 20.2 Å². The fourth-order valence-electron chi connectivity index (χ4n) is 4.94. The molecule has 0 N–H and O–H groups in total. The van der Waals surface area contributed by atoms with Gasteiger partial charge in [-0.1, -0.05) is 42.5 Å². The zero-order chi connectivity index (χ0) is 23.9. The van der Waals surface area contributed by atoms with Gasteiger partial charge in [0.05, 0.1) is 11.2 Å². The average Bonchev–Trinajstić information content (AvgIpc) is 3.50. The number of fused-ring (bicyclic) bond motifs is 6. The molecular weight excluding hydrogens is 453 g/mol. The summed E-state index contributed by atoms with van der Waals surface area (Å²) in [6.45, 7) is 8.36. The number of benzene rings is 4. The number of hydrogen-bond acceptors (Lipinski definition) is 5. The molecular formula is C29H24BNO3S. The predicted octanol–water partition coefficient (Wildman–Crippen LogP) is 7.32. The van der Waals surface area contributed by atoms with Crippen LogP contribution in [0.15, 0.2) is 77.2 Å². The smallest absolute Gasteiger partial charge is 0.436 e. The Kier molecular flexibility index (Phi) is 4.33. The molecule has 6 heteroatoms. The predicted molar refractivity (Wildman–Crippen MR) is 146 cm³/mol. The first-order chi connectivity index (χ1) is 16.8. The summed E-state index contributed by atoms with van der Waals surface area (Å²) in [5, 5.41) is 4.60. The van der Waals surface area contributed by atoms with Gasteiger partial charge in [-0.15, -0.1) is 11.3 Å². The van der Waals surface area contributed by atoms with Crippen molar-refractivity contribution in [1.82, 2.24) is 4.98 Å². The largest absolute Gasteiger partial charge is 0.495 e. The second-order valence-corrected chi connectivity index (χ2v) is 11.4. The van der Waals surface area contributed by atoms with Crippen LogP contribution < -0.4 is 5.46 Å². The molecule has 4 aromatic carbocycles. The first-order valence-electron chi connectivity index (χ1n) is 11.9. The molecule has 0 amide bonds. The molecule has 0 bridgehead atoms. The van der Waals surface area contributed by atoms with Crippen LogP contribution in [-0.4, -0.2) is 23.3 Å². The molecule has 1 aliphatic rings. The van der Waals surface area contributed by atoms with E-state index in [0.29, 0.717) is 5.89 Å². The van der Waals surface area contributed by atoms with Crippen molar-refractivity contribution in [2.45, 2.75) is 38.9 Å². The van der Waals surface area contributed by atoms with E-state index in [9.17, 15) is 0 Å². The number of nitrogens with zero attached hydrogens (tertiary/aromatic N) is 1. The van der Waals surface area contributed by atoms with Crippen LogP contribution in [-0.2, 0) is 9.31 Å². The third-order valence-electron chi connectivity index (χ3n) is 7.56. The van der Waals surface area contributed by atoms with Crippen LogP contribution in [0.25, 0.3) is 53.5 Å². The van der Waals surface area contributed by atoms with Crippen LogP contribution in [0.2, 0.25) is 0 Å². The number of hydrogen-bond donors (Lipinski definition) is 0. The van der Waals surface area contributed by atoms with Crippen molar-refractivity contribution < 1.29 is 13.7 Å². The fraction of sp³-hybridized carbons (Fsp3) is 0.207. The van der Waals surface area contributed by atoms with Gasteiger partial charge in [-0.3, -0.25) is 0 Å². The molecule has 7 rings (SSSR count). The van der Waals surface area contributed by atoms with Gasteiger partial charge in [-0.2, -0.15) is 0 Å². The molecule has 0 radical (unpaired) electrons. The highest BCUT2D eigenvalue weighted by Gasteiger charge is 2.52. The monoisotopic (exact) mass is 477 g/mol. The summed E-state index contributed by atoms with van der Waals surface area (Å²) in [4.78, 5) is 4.91. The maximum atomic E-state index is 6.42. The van der Waals surface area contributed by atoms with Crippen LogP contribution in [0.4, 0.5) is 0 Å². The Bertz CT molecular complexity index is 1770. The van der Waals surface area contributed by atoms with Crippen LogP contribution in [0, 0.1) is 0 Å². The quantitative estimate of drug-likeness (QED) is 0.245. The van der Waals surface area contributed by atoms with Crippen molar-refractivity contribution in [1.29, 1.82) is 0 Å². The molecule has 2 aromatic heterocycles. The third-order valence-corrected chi connectivity index (χ3v) is 8.70. The summed E-state index contributed by atoms with van der Waals surface area (Å²) < 4.78 is 21.5. The second kappa shape index (κ2) is 7.17. The lowest BCUT2D eigenvalue weighted by Crippen LogP contribution is -2.41. The van der Waals surface area contributed by atoms with Gasteiger partial charge in [0.1, 0.15) is 5.52 Å². The van der Waals surface area contributed by atoms with E-state index in [4.69, 9.17) is 18.7 Å². The van der Waals surface area contributed by atoms with Crippen molar-refractivity contribution in [3.63, 3.8) is 0 Å². The van der Waals surface area contributed by atoms with Crippen LogP contribution in [0.1, 0.15) is 27.7 Å². The lowest BCUT2D eigenvalue weighted by molar-refractivity contribution is 0.00578. The number of rotatable bonds is 2. The summed E-state index contributed by atoms with van der Waals surface area (Å²) >= 11 is 1.78. The SMILES string of the molecule is CC1(C)OB(c2cccc3sc4ccc(-c5nc6c(ccc7ccccc76)o5)cc4c23)OC1(C)C. The highest BCUT2D eigenvalue weighted by Crippen LogP contribution is 2.40.